The first-order valence-electron chi connectivity index (χ1n) is 3.77. The summed E-state index contributed by atoms with van der Waals surface area (Å²) >= 11 is 1.73. The minimum atomic E-state index is -0.218. The molecule has 1 aromatic rings. The molecule has 2 amide bonds. The number of benzene rings is 1. The van der Waals surface area contributed by atoms with E-state index >= 15 is 0 Å². The molecule has 0 fully saturated rings. The van der Waals surface area contributed by atoms with Crippen LogP contribution in [0, 0.1) is 6.92 Å². The lowest BCUT2D eigenvalue weighted by atomic mass is 10.0. The quantitative estimate of drug-likeness (QED) is 0.415. The van der Waals surface area contributed by atoms with Gasteiger partial charge in [0.25, 0.3) is 11.8 Å². The van der Waals surface area contributed by atoms with E-state index in [-0.39, 0.29) is 11.8 Å². The van der Waals surface area contributed by atoms with Gasteiger partial charge in [-0.25, -0.2) is 3.11 Å². The van der Waals surface area contributed by atoms with Gasteiger partial charge in [0.05, 0.1) is 34.0 Å². The third-order valence-electron chi connectivity index (χ3n) is 2.07. The molecule has 1 aromatic carbocycles. The fourth-order valence-electron chi connectivity index (χ4n) is 1.43. The number of hydrogen-bond donors (Lipinski definition) is 0. The summed E-state index contributed by atoms with van der Waals surface area (Å²) in [6, 6.07) is 5.30. The Morgan fingerprint density at radius 1 is 1.23 bits per heavy atom. The first-order chi connectivity index (χ1) is 6.13. The highest BCUT2D eigenvalue weighted by Crippen LogP contribution is 2.27. The number of hydrogen-bond acceptors (Lipinski definition) is 2. The summed E-state index contributed by atoms with van der Waals surface area (Å²) in [7, 11) is 0. The molecular weight excluding hydrogens is 281 g/mol. The number of rotatable bonds is 0. The highest BCUT2D eigenvalue weighted by atomic mass is 127. The van der Waals surface area contributed by atoms with Crippen LogP contribution in [0.3, 0.4) is 0 Å². The molecule has 0 aromatic heterocycles. The van der Waals surface area contributed by atoms with Crippen molar-refractivity contribution in [2.75, 3.05) is 0 Å². The molecule has 1 aliphatic rings. The van der Waals surface area contributed by atoms with Crippen LogP contribution in [0.1, 0.15) is 26.3 Å². The van der Waals surface area contributed by atoms with E-state index in [4.69, 9.17) is 0 Å². The molecular formula is C9H6INO2. The Morgan fingerprint density at radius 3 is 2.54 bits per heavy atom. The number of nitrogens with zero attached hydrogens (tertiary/aromatic N) is 1. The van der Waals surface area contributed by atoms with Gasteiger partial charge in [-0.05, 0) is 18.6 Å². The zero-order chi connectivity index (χ0) is 9.59. The summed E-state index contributed by atoms with van der Waals surface area (Å²) in [4.78, 5) is 23.0. The summed E-state index contributed by atoms with van der Waals surface area (Å²) < 4.78 is 1.12. The second-order valence-corrected chi connectivity index (χ2v) is 3.85. The Morgan fingerprint density at radius 2 is 1.92 bits per heavy atom. The topological polar surface area (TPSA) is 37.4 Å². The lowest BCUT2D eigenvalue weighted by Gasteiger charge is -2.00. The number of carbonyl (C=O) groups is 2. The van der Waals surface area contributed by atoms with E-state index in [0.29, 0.717) is 11.1 Å². The van der Waals surface area contributed by atoms with Gasteiger partial charge in [0.1, 0.15) is 0 Å². The molecule has 66 valence electrons. The predicted octanol–water partition coefficient (Wildman–Crippen LogP) is 1.94. The van der Waals surface area contributed by atoms with E-state index in [0.717, 1.165) is 8.68 Å². The molecule has 0 aliphatic carbocycles. The van der Waals surface area contributed by atoms with Crippen LogP contribution in [0.2, 0.25) is 0 Å². The van der Waals surface area contributed by atoms with Gasteiger partial charge in [0.15, 0.2) is 0 Å². The molecule has 0 saturated heterocycles. The van der Waals surface area contributed by atoms with Crippen molar-refractivity contribution in [2.45, 2.75) is 6.92 Å². The molecule has 0 bridgehead atoms. The van der Waals surface area contributed by atoms with E-state index in [9.17, 15) is 9.59 Å². The van der Waals surface area contributed by atoms with Crippen molar-refractivity contribution in [3.8, 4) is 0 Å². The standard InChI is InChI=1S/C9H6INO2/c1-5-3-2-4-6-7(5)9(13)11(10)8(6)12/h2-4H,1H3. The largest absolute Gasteiger partial charge is 0.270 e. The fourth-order valence-corrected chi connectivity index (χ4v) is 1.93. The molecule has 0 unspecified atom stereocenters. The Labute approximate surface area is 89.2 Å². The summed E-state index contributed by atoms with van der Waals surface area (Å²) in [6.07, 6.45) is 0. The van der Waals surface area contributed by atoms with Crippen LogP contribution in [0.4, 0.5) is 0 Å². The van der Waals surface area contributed by atoms with Crippen LogP contribution in [-0.4, -0.2) is 14.9 Å². The van der Waals surface area contributed by atoms with Gasteiger partial charge in [-0.1, -0.05) is 12.1 Å². The van der Waals surface area contributed by atoms with Gasteiger partial charge in [0.2, 0.25) is 0 Å². The molecule has 3 nitrogen and oxygen atoms in total. The predicted molar refractivity (Wildman–Crippen MR) is 55.7 cm³/mol. The first-order valence-corrected chi connectivity index (χ1v) is 4.73. The molecule has 1 heterocycles. The molecule has 0 N–H and O–H groups in total. The smallest absolute Gasteiger partial charge is 0.268 e. The highest BCUT2D eigenvalue weighted by molar-refractivity contribution is 14.1. The second kappa shape index (κ2) is 2.80. The van der Waals surface area contributed by atoms with E-state index < -0.39 is 0 Å². The van der Waals surface area contributed by atoms with Crippen LogP contribution in [0.25, 0.3) is 0 Å². The third-order valence-corrected chi connectivity index (χ3v) is 2.95. The average molecular weight is 287 g/mol. The van der Waals surface area contributed by atoms with Gasteiger partial charge in [0, 0.05) is 0 Å². The minimum Gasteiger partial charge on any atom is -0.268 e. The SMILES string of the molecule is Cc1cccc2c1C(=O)N(I)C2=O. The number of fused-ring (bicyclic) bond motifs is 1. The van der Waals surface area contributed by atoms with Gasteiger partial charge in [-0.3, -0.25) is 9.59 Å². The van der Waals surface area contributed by atoms with E-state index in [1.54, 1.807) is 35.0 Å². The van der Waals surface area contributed by atoms with Gasteiger partial charge in [-0.15, -0.1) is 0 Å². The number of amides is 2. The maximum absolute atomic E-state index is 11.5. The highest BCUT2D eigenvalue weighted by Gasteiger charge is 2.34. The Kier molecular flexibility index (Phi) is 1.87. The second-order valence-electron chi connectivity index (χ2n) is 2.89. The lowest BCUT2D eigenvalue weighted by molar-refractivity contribution is 0.0796. The summed E-state index contributed by atoms with van der Waals surface area (Å²) in [5.74, 6) is -0.428. The molecule has 0 saturated carbocycles. The summed E-state index contributed by atoms with van der Waals surface area (Å²) in [5, 5.41) is 0. The monoisotopic (exact) mass is 287 g/mol. The zero-order valence-corrected chi connectivity index (χ0v) is 9.03. The molecule has 0 spiro atoms. The molecule has 1 aliphatic heterocycles. The Hall–Kier alpha value is -0.910. The molecule has 0 atom stereocenters. The van der Waals surface area contributed by atoms with Crippen LogP contribution in [0.5, 0.6) is 0 Å². The van der Waals surface area contributed by atoms with Crippen LogP contribution < -0.4 is 0 Å². The van der Waals surface area contributed by atoms with Crippen molar-refractivity contribution in [3.05, 3.63) is 34.9 Å². The lowest BCUT2D eigenvalue weighted by Crippen LogP contribution is -2.17. The average Bonchev–Trinajstić information content (AvgIpc) is 2.33. The number of aryl methyl sites for hydroxylation is 1. The van der Waals surface area contributed by atoms with Crippen LogP contribution in [0.15, 0.2) is 18.2 Å². The molecule has 0 radical (unpaired) electrons. The molecule has 4 heteroatoms. The maximum Gasteiger partial charge on any atom is 0.270 e. The number of imide groups is 1. The van der Waals surface area contributed by atoms with Crippen LogP contribution >= 0.6 is 22.9 Å². The van der Waals surface area contributed by atoms with Crippen molar-refractivity contribution in [1.82, 2.24) is 3.11 Å². The Bertz CT molecular complexity index is 414. The van der Waals surface area contributed by atoms with Crippen molar-refractivity contribution in [2.24, 2.45) is 0 Å². The van der Waals surface area contributed by atoms with Gasteiger partial charge < -0.3 is 0 Å². The van der Waals surface area contributed by atoms with Crippen molar-refractivity contribution < 1.29 is 9.59 Å². The Balaban J connectivity index is 2.74. The number of carbonyl (C=O) groups excluding carboxylic acids is 2. The van der Waals surface area contributed by atoms with E-state index in [1.807, 2.05) is 13.0 Å². The zero-order valence-electron chi connectivity index (χ0n) is 6.87. The molecule has 13 heavy (non-hydrogen) atoms. The van der Waals surface area contributed by atoms with E-state index in [2.05, 4.69) is 0 Å². The van der Waals surface area contributed by atoms with Crippen molar-refractivity contribution in [1.29, 1.82) is 0 Å². The van der Waals surface area contributed by atoms with E-state index in [1.165, 1.54) is 0 Å². The summed E-state index contributed by atoms with van der Waals surface area (Å²) in [5.41, 5.74) is 1.91. The fraction of sp³-hybridized carbons (Fsp3) is 0.111. The molecule has 2 rings (SSSR count). The van der Waals surface area contributed by atoms with Crippen LogP contribution in [-0.2, 0) is 0 Å². The van der Waals surface area contributed by atoms with Crippen molar-refractivity contribution in [3.63, 3.8) is 0 Å². The minimum absolute atomic E-state index is 0.210. The van der Waals surface area contributed by atoms with Gasteiger partial charge in [-0.2, -0.15) is 0 Å². The number of halogens is 1. The van der Waals surface area contributed by atoms with Crippen molar-refractivity contribution >= 4 is 34.7 Å². The normalized spacial score (nSPS) is 15.1. The summed E-state index contributed by atoms with van der Waals surface area (Å²) in [6.45, 7) is 1.83. The first kappa shape index (κ1) is 8.68. The third kappa shape index (κ3) is 1.08. The maximum atomic E-state index is 11.5. The van der Waals surface area contributed by atoms with Gasteiger partial charge >= 0.3 is 0 Å².